The second-order valence-electron chi connectivity index (χ2n) is 6.90. The van der Waals surface area contributed by atoms with Crippen molar-refractivity contribution in [1.82, 2.24) is 10.6 Å². The monoisotopic (exact) mass is 397 g/mol. The maximum atomic E-state index is 12.4. The number of amides is 2. The fraction of sp³-hybridized carbons (Fsp3) is 0.579. The number of anilines is 1. The predicted octanol–water partition coefficient (Wildman–Crippen LogP) is 2.69. The molecule has 3 rings (SSSR count). The molecule has 5 nitrogen and oxygen atoms in total. The highest BCUT2D eigenvalue weighted by Gasteiger charge is 2.35. The van der Waals surface area contributed by atoms with Gasteiger partial charge in [0.15, 0.2) is 0 Å². The van der Waals surface area contributed by atoms with E-state index in [1.54, 1.807) is 16.7 Å². The highest BCUT2D eigenvalue weighted by Crippen LogP contribution is 2.27. The van der Waals surface area contributed by atoms with Crippen LogP contribution in [0, 0.1) is 11.8 Å². The van der Waals surface area contributed by atoms with Crippen LogP contribution in [0.5, 0.6) is 0 Å². The van der Waals surface area contributed by atoms with Gasteiger partial charge in [0.05, 0.1) is 5.92 Å². The third-order valence-corrected chi connectivity index (χ3v) is 5.87. The molecule has 0 bridgehead atoms. The van der Waals surface area contributed by atoms with Crippen LogP contribution in [-0.4, -0.2) is 44.2 Å². The van der Waals surface area contributed by atoms with Crippen LogP contribution in [0.4, 0.5) is 5.69 Å². The number of piperidine rings is 1. The molecule has 1 aromatic carbocycles. The number of hydrogen-bond donors (Lipinski definition) is 2. The molecule has 2 aliphatic heterocycles. The summed E-state index contributed by atoms with van der Waals surface area (Å²) in [5.41, 5.74) is 0.881. The van der Waals surface area contributed by atoms with Gasteiger partial charge in [-0.1, -0.05) is 0 Å². The Balaban J connectivity index is 0.00000243. The van der Waals surface area contributed by atoms with Crippen molar-refractivity contribution < 1.29 is 9.59 Å². The van der Waals surface area contributed by atoms with Crippen LogP contribution in [0.15, 0.2) is 29.2 Å². The van der Waals surface area contributed by atoms with Crippen molar-refractivity contribution in [3.63, 3.8) is 0 Å². The summed E-state index contributed by atoms with van der Waals surface area (Å²) < 4.78 is 0. The van der Waals surface area contributed by atoms with Crippen LogP contribution in [0.1, 0.15) is 25.7 Å². The lowest BCUT2D eigenvalue weighted by molar-refractivity contribution is -0.126. The molecule has 7 heteroatoms. The molecule has 2 atom stereocenters. The van der Waals surface area contributed by atoms with Crippen LogP contribution in [0.2, 0.25) is 0 Å². The summed E-state index contributed by atoms with van der Waals surface area (Å²) in [5, 5.41) is 6.43. The Morgan fingerprint density at radius 1 is 1.35 bits per heavy atom. The van der Waals surface area contributed by atoms with E-state index in [4.69, 9.17) is 0 Å². The molecule has 0 radical (unpaired) electrons. The minimum absolute atomic E-state index is 0. The van der Waals surface area contributed by atoms with E-state index in [9.17, 15) is 9.59 Å². The van der Waals surface area contributed by atoms with Crippen molar-refractivity contribution in [2.75, 3.05) is 37.3 Å². The summed E-state index contributed by atoms with van der Waals surface area (Å²) >= 11 is 1.67. The van der Waals surface area contributed by atoms with Crippen molar-refractivity contribution in [2.24, 2.45) is 11.8 Å². The first-order valence-corrected chi connectivity index (χ1v) is 10.3. The number of rotatable bonds is 6. The Morgan fingerprint density at radius 2 is 2.12 bits per heavy atom. The van der Waals surface area contributed by atoms with Gasteiger partial charge in [-0.3, -0.25) is 9.59 Å². The number of nitrogens with zero attached hydrogens (tertiary/aromatic N) is 1. The predicted molar refractivity (Wildman–Crippen MR) is 109 cm³/mol. The van der Waals surface area contributed by atoms with E-state index in [1.807, 2.05) is 30.5 Å². The molecule has 2 N–H and O–H groups in total. The summed E-state index contributed by atoms with van der Waals surface area (Å²) in [6, 6.07) is 7.94. The van der Waals surface area contributed by atoms with Crippen LogP contribution >= 0.6 is 24.2 Å². The molecule has 2 fully saturated rings. The van der Waals surface area contributed by atoms with E-state index < -0.39 is 0 Å². The lowest BCUT2D eigenvalue weighted by atomic mass is 9.96. The van der Waals surface area contributed by atoms with E-state index in [0.717, 1.165) is 25.2 Å². The molecule has 0 aromatic heterocycles. The van der Waals surface area contributed by atoms with Crippen molar-refractivity contribution in [3.05, 3.63) is 24.3 Å². The number of hydrogen-bond acceptors (Lipinski definition) is 4. The van der Waals surface area contributed by atoms with Crippen LogP contribution in [-0.2, 0) is 9.59 Å². The average Bonchev–Trinajstić information content (AvgIpc) is 3.04. The van der Waals surface area contributed by atoms with Gasteiger partial charge in [-0.2, -0.15) is 0 Å². The smallest absolute Gasteiger partial charge is 0.227 e. The molecule has 2 unspecified atom stereocenters. The Kier molecular flexibility index (Phi) is 8.25. The lowest BCUT2D eigenvalue weighted by Crippen LogP contribution is -2.36. The van der Waals surface area contributed by atoms with Gasteiger partial charge in [0.2, 0.25) is 11.8 Å². The van der Waals surface area contributed by atoms with Crippen LogP contribution in [0.25, 0.3) is 0 Å². The average molecular weight is 398 g/mol. The van der Waals surface area contributed by atoms with Crippen molar-refractivity contribution in [3.8, 4) is 0 Å². The molecule has 0 saturated carbocycles. The van der Waals surface area contributed by atoms with Gasteiger partial charge < -0.3 is 15.5 Å². The number of thioether (sulfide) groups is 1. The molecule has 1 aromatic rings. The zero-order valence-electron chi connectivity index (χ0n) is 15.2. The SMILES string of the molecule is CSc1ccc(N2CC(C(=O)NCCC3CCCNC3)CC2=O)cc1.Cl. The molecule has 2 heterocycles. The first-order chi connectivity index (χ1) is 12.2. The second-order valence-corrected chi connectivity index (χ2v) is 7.78. The van der Waals surface area contributed by atoms with Gasteiger partial charge in [0.25, 0.3) is 0 Å². The maximum Gasteiger partial charge on any atom is 0.227 e. The minimum Gasteiger partial charge on any atom is -0.356 e. The topological polar surface area (TPSA) is 61.4 Å². The summed E-state index contributed by atoms with van der Waals surface area (Å²) in [6.45, 7) is 3.35. The van der Waals surface area contributed by atoms with Gasteiger partial charge in [-0.25, -0.2) is 0 Å². The summed E-state index contributed by atoms with van der Waals surface area (Å²) in [6.07, 6.45) is 5.81. The summed E-state index contributed by atoms with van der Waals surface area (Å²) in [7, 11) is 0. The fourth-order valence-corrected chi connectivity index (χ4v) is 4.02. The standard InChI is InChI=1S/C19H27N3O2S.ClH/c1-25-17-6-4-16(5-7-17)22-13-15(11-18(22)23)19(24)21-10-8-14-3-2-9-20-12-14;/h4-7,14-15,20H,2-3,8-13H2,1H3,(H,21,24);1H. The third-order valence-electron chi connectivity index (χ3n) is 5.13. The van der Waals surface area contributed by atoms with E-state index in [-0.39, 0.29) is 30.1 Å². The van der Waals surface area contributed by atoms with E-state index in [1.165, 1.54) is 17.7 Å². The molecule has 0 spiro atoms. The van der Waals surface area contributed by atoms with Gasteiger partial charge >= 0.3 is 0 Å². The molecular formula is C19H28ClN3O2S. The second kappa shape index (κ2) is 10.2. The summed E-state index contributed by atoms with van der Waals surface area (Å²) in [4.78, 5) is 27.6. The number of carbonyl (C=O) groups excluding carboxylic acids is 2. The van der Waals surface area contributed by atoms with Crippen molar-refractivity contribution in [2.45, 2.75) is 30.6 Å². The number of halogens is 1. The molecule has 2 aliphatic rings. The first kappa shape index (κ1) is 21.1. The lowest BCUT2D eigenvalue weighted by Gasteiger charge is -2.23. The molecule has 2 saturated heterocycles. The molecule has 26 heavy (non-hydrogen) atoms. The molecule has 144 valence electrons. The fourth-order valence-electron chi connectivity index (χ4n) is 3.61. The van der Waals surface area contributed by atoms with Gasteiger partial charge in [-0.05, 0) is 68.8 Å². The quantitative estimate of drug-likeness (QED) is 0.724. The number of benzene rings is 1. The van der Waals surface area contributed by atoms with Crippen molar-refractivity contribution >= 4 is 41.7 Å². The van der Waals surface area contributed by atoms with E-state index >= 15 is 0 Å². The van der Waals surface area contributed by atoms with Crippen LogP contribution < -0.4 is 15.5 Å². The van der Waals surface area contributed by atoms with Crippen molar-refractivity contribution in [1.29, 1.82) is 0 Å². The van der Waals surface area contributed by atoms with E-state index in [2.05, 4.69) is 10.6 Å². The zero-order valence-corrected chi connectivity index (χ0v) is 16.8. The largest absolute Gasteiger partial charge is 0.356 e. The number of nitrogens with one attached hydrogen (secondary N) is 2. The third kappa shape index (κ3) is 5.38. The Morgan fingerprint density at radius 3 is 2.77 bits per heavy atom. The normalized spacial score (nSPS) is 22.8. The molecular weight excluding hydrogens is 370 g/mol. The minimum atomic E-state index is -0.239. The maximum absolute atomic E-state index is 12.4. The molecule has 0 aliphatic carbocycles. The Hall–Kier alpha value is -1.24. The zero-order chi connectivity index (χ0) is 17.6. The molecule has 2 amide bonds. The number of carbonyl (C=O) groups is 2. The highest BCUT2D eigenvalue weighted by molar-refractivity contribution is 7.98. The van der Waals surface area contributed by atoms with Gasteiger partial charge in [-0.15, -0.1) is 24.2 Å². The summed E-state index contributed by atoms with van der Waals surface area (Å²) in [5.74, 6) is 0.469. The Bertz CT molecular complexity index is 605. The van der Waals surface area contributed by atoms with Crippen LogP contribution in [0.3, 0.4) is 0 Å². The van der Waals surface area contributed by atoms with Gasteiger partial charge in [0.1, 0.15) is 0 Å². The Labute approximate surface area is 166 Å². The van der Waals surface area contributed by atoms with Gasteiger partial charge in [0, 0.05) is 30.1 Å². The first-order valence-electron chi connectivity index (χ1n) is 9.10. The van der Waals surface area contributed by atoms with E-state index in [0.29, 0.717) is 25.4 Å². The highest BCUT2D eigenvalue weighted by atomic mass is 35.5.